The maximum Gasteiger partial charge on any atom is 0.256 e. The van der Waals surface area contributed by atoms with Crippen LogP contribution in [0.4, 0.5) is 0 Å². The molecule has 284 valence electrons. The first kappa shape index (κ1) is 45.2. The third-order valence-electron chi connectivity index (χ3n) is 11.1. The predicted octanol–water partition coefficient (Wildman–Crippen LogP) is 15.8. The van der Waals surface area contributed by atoms with Gasteiger partial charge in [0.15, 0.2) is 0 Å². The summed E-state index contributed by atoms with van der Waals surface area (Å²) in [6, 6.07) is 0. The smallest absolute Gasteiger partial charge is 0.234 e. The zero-order chi connectivity index (χ0) is 34.4. The lowest BCUT2D eigenvalue weighted by Crippen LogP contribution is -2.37. The number of hydrogen-bond acceptors (Lipinski definition) is 0. The average molecular weight is 672 g/mol. The van der Waals surface area contributed by atoms with Crippen molar-refractivity contribution in [2.45, 2.75) is 278 Å². The van der Waals surface area contributed by atoms with Crippen LogP contribution in [0.2, 0.25) is 0 Å². The molecule has 0 amide bonds. The number of imidazole rings is 1. The zero-order valence-electron chi connectivity index (χ0n) is 33.8. The summed E-state index contributed by atoms with van der Waals surface area (Å²) in [6.45, 7) is 9.41. The van der Waals surface area contributed by atoms with E-state index in [4.69, 9.17) is 0 Å². The number of rotatable bonds is 40. The van der Waals surface area contributed by atoms with E-state index in [2.05, 4.69) is 42.3 Å². The molecule has 2 nitrogen and oxygen atoms in total. The molecule has 1 aromatic heterocycles. The van der Waals surface area contributed by atoms with Crippen LogP contribution in [0.15, 0.2) is 12.4 Å². The Hall–Kier alpha value is -0.790. The largest absolute Gasteiger partial charge is 0.256 e. The zero-order valence-corrected chi connectivity index (χ0v) is 33.8. The van der Waals surface area contributed by atoms with Gasteiger partial charge >= 0.3 is 0 Å². The van der Waals surface area contributed by atoms with Crippen molar-refractivity contribution in [2.75, 3.05) is 0 Å². The fourth-order valence-corrected chi connectivity index (χ4v) is 7.74. The molecular formula is C46H91N2+. The average Bonchev–Trinajstić information content (AvgIpc) is 3.48. The quantitative estimate of drug-likeness (QED) is 0.0485. The molecule has 0 saturated heterocycles. The second-order valence-electron chi connectivity index (χ2n) is 15.9. The van der Waals surface area contributed by atoms with Gasteiger partial charge in [-0.15, -0.1) is 0 Å². The minimum atomic E-state index is 1.23. The minimum Gasteiger partial charge on any atom is -0.234 e. The molecule has 0 aliphatic heterocycles. The van der Waals surface area contributed by atoms with E-state index in [-0.39, 0.29) is 0 Å². The van der Waals surface area contributed by atoms with Gasteiger partial charge in [-0.3, -0.25) is 0 Å². The molecule has 0 N–H and O–H groups in total. The molecule has 2 heteroatoms. The van der Waals surface area contributed by atoms with E-state index in [0.29, 0.717) is 0 Å². The summed E-state index contributed by atoms with van der Waals surface area (Å²) in [4.78, 5) is 0. The summed E-state index contributed by atoms with van der Waals surface area (Å²) in [6.07, 6.45) is 59.4. The van der Waals surface area contributed by atoms with Gasteiger partial charge in [0.1, 0.15) is 12.4 Å². The summed E-state index contributed by atoms with van der Waals surface area (Å²) in [7, 11) is 0. The lowest BCUT2D eigenvalue weighted by atomic mass is 10.0. The molecule has 0 fully saturated rings. The first-order valence-electron chi connectivity index (χ1n) is 22.9. The Morgan fingerprint density at radius 1 is 0.354 bits per heavy atom. The van der Waals surface area contributed by atoms with E-state index < -0.39 is 0 Å². The Bertz CT molecular complexity index is 736. The Kier molecular flexibility index (Phi) is 35.3. The number of hydrogen-bond donors (Lipinski definition) is 0. The van der Waals surface area contributed by atoms with Crippen LogP contribution >= 0.6 is 0 Å². The highest BCUT2D eigenvalue weighted by Crippen LogP contribution is 2.16. The monoisotopic (exact) mass is 672 g/mol. The molecule has 0 saturated carbocycles. The normalized spacial score (nSPS) is 11.6. The van der Waals surface area contributed by atoms with E-state index in [0.717, 1.165) is 0 Å². The van der Waals surface area contributed by atoms with E-state index in [1.807, 2.05) is 0 Å². The van der Waals surface area contributed by atoms with Gasteiger partial charge in [0.2, 0.25) is 0 Å². The van der Waals surface area contributed by atoms with Gasteiger partial charge in [0.25, 0.3) is 5.82 Å². The van der Waals surface area contributed by atoms with E-state index in [1.165, 1.54) is 257 Å². The van der Waals surface area contributed by atoms with Gasteiger partial charge < -0.3 is 0 Å². The first-order valence-corrected chi connectivity index (χ1v) is 22.9. The van der Waals surface area contributed by atoms with Crippen LogP contribution in [-0.2, 0) is 19.5 Å². The summed E-state index contributed by atoms with van der Waals surface area (Å²) < 4.78 is 5.28. The van der Waals surface area contributed by atoms with Crippen molar-refractivity contribution >= 4 is 0 Å². The highest BCUT2D eigenvalue weighted by molar-refractivity contribution is 4.84. The maximum absolute atomic E-state index is 2.64. The van der Waals surface area contributed by atoms with E-state index in [1.54, 1.807) is 5.82 Å². The van der Waals surface area contributed by atoms with Gasteiger partial charge in [-0.2, -0.15) is 0 Å². The summed E-state index contributed by atoms with van der Waals surface area (Å²) in [5, 5.41) is 0. The van der Waals surface area contributed by atoms with Crippen molar-refractivity contribution in [3.63, 3.8) is 0 Å². The number of aryl methyl sites for hydroxylation is 2. The van der Waals surface area contributed by atoms with Crippen molar-refractivity contribution in [3.05, 3.63) is 18.2 Å². The SMILES string of the molecule is CCCCCCCCCCCCCCCCCCn1cc[n+](CCCCCCCCCCCCCCCCC)c1CCCCCCCC. The minimum absolute atomic E-state index is 1.23. The predicted molar refractivity (Wildman–Crippen MR) is 216 cm³/mol. The second-order valence-corrected chi connectivity index (χ2v) is 15.9. The number of aromatic nitrogens is 2. The molecule has 48 heavy (non-hydrogen) atoms. The van der Waals surface area contributed by atoms with Gasteiger partial charge in [-0.05, 0) is 32.1 Å². The lowest BCUT2D eigenvalue weighted by molar-refractivity contribution is -0.704. The van der Waals surface area contributed by atoms with Crippen LogP contribution in [0.3, 0.4) is 0 Å². The molecule has 1 aromatic rings. The van der Waals surface area contributed by atoms with E-state index >= 15 is 0 Å². The van der Waals surface area contributed by atoms with Crippen molar-refractivity contribution in [3.8, 4) is 0 Å². The third kappa shape index (κ3) is 29.0. The molecule has 0 aromatic carbocycles. The number of unbranched alkanes of at least 4 members (excludes halogenated alkanes) is 34. The molecule has 0 spiro atoms. The van der Waals surface area contributed by atoms with Crippen LogP contribution in [0, 0.1) is 0 Å². The maximum atomic E-state index is 2.64. The van der Waals surface area contributed by atoms with Crippen molar-refractivity contribution in [1.82, 2.24) is 4.57 Å². The Morgan fingerprint density at radius 3 is 1.00 bits per heavy atom. The Balaban J connectivity index is 2.16. The van der Waals surface area contributed by atoms with Crippen LogP contribution in [0.1, 0.15) is 264 Å². The molecule has 0 radical (unpaired) electrons. The molecule has 1 rings (SSSR count). The third-order valence-corrected chi connectivity index (χ3v) is 11.1. The Morgan fingerprint density at radius 2 is 0.646 bits per heavy atom. The molecule has 0 aliphatic rings. The Labute approximate surface area is 304 Å². The van der Waals surface area contributed by atoms with Gasteiger partial charge in [0.05, 0.1) is 13.1 Å². The second kappa shape index (κ2) is 37.5. The van der Waals surface area contributed by atoms with Gasteiger partial charge in [0, 0.05) is 6.42 Å². The molecular weight excluding hydrogens is 581 g/mol. The number of nitrogens with zero attached hydrogens (tertiary/aromatic N) is 2. The summed E-state index contributed by atoms with van der Waals surface area (Å²) >= 11 is 0. The van der Waals surface area contributed by atoms with Gasteiger partial charge in [-0.25, -0.2) is 9.13 Å². The topological polar surface area (TPSA) is 8.81 Å². The highest BCUT2D eigenvalue weighted by atomic mass is 15.1. The highest BCUT2D eigenvalue weighted by Gasteiger charge is 2.16. The van der Waals surface area contributed by atoms with Crippen LogP contribution in [0.5, 0.6) is 0 Å². The lowest BCUT2D eigenvalue weighted by Gasteiger charge is -2.07. The molecule has 0 atom stereocenters. The van der Waals surface area contributed by atoms with Crippen LogP contribution < -0.4 is 4.57 Å². The van der Waals surface area contributed by atoms with E-state index in [9.17, 15) is 0 Å². The van der Waals surface area contributed by atoms with Crippen molar-refractivity contribution < 1.29 is 4.57 Å². The molecule has 1 heterocycles. The fraction of sp³-hybridized carbons (Fsp3) is 0.935. The molecule has 0 unspecified atom stereocenters. The molecule has 0 bridgehead atoms. The fourth-order valence-electron chi connectivity index (χ4n) is 7.74. The first-order chi connectivity index (χ1) is 23.8. The van der Waals surface area contributed by atoms with Crippen LogP contribution in [0.25, 0.3) is 0 Å². The van der Waals surface area contributed by atoms with Crippen LogP contribution in [-0.4, -0.2) is 4.57 Å². The summed E-state index contributed by atoms with van der Waals surface area (Å²) in [5.74, 6) is 1.62. The van der Waals surface area contributed by atoms with Gasteiger partial charge in [-0.1, -0.05) is 226 Å². The standard InChI is InChI=1S/C46H91N2/c1-4-7-10-13-16-18-20-22-24-26-28-30-32-34-37-40-43-48-45-44-47(46(48)41-38-35-15-12-9-6-3)42-39-36-33-31-29-27-25-23-21-19-17-14-11-8-5-2/h44-45H,4-43H2,1-3H3/q+1. The molecule has 0 aliphatic carbocycles. The van der Waals surface area contributed by atoms with Crippen molar-refractivity contribution in [1.29, 1.82) is 0 Å². The van der Waals surface area contributed by atoms with Crippen molar-refractivity contribution in [2.24, 2.45) is 0 Å². The summed E-state index contributed by atoms with van der Waals surface area (Å²) in [5.41, 5.74) is 0.